The number of hydrogen-bond acceptors (Lipinski definition) is 6. The van der Waals surface area contributed by atoms with E-state index in [0.29, 0.717) is 39.4 Å². The van der Waals surface area contributed by atoms with Crippen molar-refractivity contribution < 1.29 is 23.8 Å². The molecule has 168 valence electrons. The molecule has 0 aliphatic heterocycles. The number of nitrogens with one attached hydrogen (secondary N) is 1. The van der Waals surface area contributed by atoms with Crippen LogP contribution < -0.4 is 25.3 Å². The third-order valence-electron chi connectivity index (χ3n) is 5.30. The van der Waals surface area contributed by atoms with Gasteiger partial charge >= 0.3 is 0 Å². The van der Waals surface area contributed by atoms with Crippen LogP contribution in [-0.4, -0.2) is 37.7 Å². The molecule has 0 fully saturated rings. The van der Waals surface area contributed by atoms with Gasteiger partial charge in [0.2, 0.25) is 0 Å². The van der Waals surface area contributed by atoms with Crippen molar-refractivity contribution in [1.29, 1.82) is 0 Å². The number of carbonyl (C=O) groups is 2. The normalized spacial score (nSPS) is 10.6. The van der Waals surface area contributed by atoms with Gasteiger partial charge < -0.3 is 25.3 Å². The number of fused-ring (bicyclic) bond motifs is 1. The van der Waals surface area contributed by atoms with Gasteiger partial charge in [-0.3, -0.25) is 14.2 Å². The maximum absolute atomic E-state index is 13.5. The fraction of sp³-hybridized carbons (Fsp3) is 0.120. The van der Waals surface area contributed by atoms with E-state index >= 15 is 0 Å². The minimum Gasteiger partial charge on any atom is -0.497 e. The number of ether oxygens (including phenoxy) is 3. The Morgan fingerprint density at radius 2 is 1.61 bits per heavy atom. The number of aromatic nitrogens is 1. The van der Waals surface area contributed by atoms with Crippen LogP contribution in [-0.2, 0) is 0 Å². The minimum absolute atomic E-state index is 0.0383. The molecule has 0 aliphatic carbocycles. The topological polar surface area (TPSA) is 105 Å². The number of methoxy groups -OCH3 is 3. The molecule has 0 saturated heterocycles. The SMILES string of the molecule is COc1cccc(NC(=O)c2c(N)n(C(=O)c3ccc(OC)c(OC)c3)c3ccccc23)c1. The first-order valence-electron chi connectivity index (χ1n) is 10.1. The number of hydrogen-bond donors (Lipinski definition) is 2. The highest BCUT2D eigenvalue weighted by atomic mass is 16.5. The zero-order valence-electron chi connectivity index (χ0n) is 18.4. The summed E-state index contributed by atoms with van der Waals surface area (Å²) >= 11 is 0. The standard InChI is InChI=1S/C25H23N3O5/c1-31-17-8-6-7-16(14-17)27-24(29)22-18-9-4-5-10-19(18)28(23(22)26)25(30)15-11-12-20(32-2)21(13-15)33-3/h4-14H,26H2,1-3H3,(H,27,29). The fourth-order valence-corrected chi connectivity index (χ4v) is 3.71. The first-order chi connectivity index (χ1) is 16.0. The second-order valence-corrected chi connectivity index (χ2v) is 7.17. The minimum atomic E-state index is -0.434. The van der Waals surface area contributed by atoms with E-state index in [1.54, 1.807) is 73.8 Å². The van der Waals surface area contributed by atoms with Gasteiger partial charge in [0.25, 0.3) is 11.8 Å². The van der Waals surface area contributed by atoms with Crippen LogP contribution in [0, 0.1) is 0 Å². The van der Waals surface area contributed by atoms with Gasteiger partial charge in [0, 0.05) is 22.7 Å². The molecule has 4 rings (SSSR count). The summed E-state index contributed by atoms with van der Waals surface area (Å²) in [6, 6.07) is 18.9. The molecule has 0 saturated carbocycles. The predicted molar refractivity (Wildman–Crippen MR) is 127 cm³/mol. The van der Waals surface area contributed by atoms with Crippen molar-refractivity contribution in [1.82, 2.24) is 4.57 Å². The maximum Gasteiger partial charge on any atom is 0.264 e. The summed E-state index contributed by atoms with van der Waals surface area (Å²) < 4.78 is 17.1. The highest BCUT2D eigenvalue weighted by Gasteiger charge is 2.25. The molecule has 3 aromatic carbocycles. The van der Waals surface area contributed by atoms with E-state index in [1.807, 2.05) is 0 Å². The molecule has 0 radical (unpaired) electrons. The molecule has 4 aromatic rings. The summed E-state index contributed by atoms with van der Waals surface area (Å²) in [5, 5.41) is 3.39. The van der Waals surface area contributed by atoms with Crippen molar-refractivity contribution in [2.45, 2.75) is 0 Å². The van der Waals surface area contributed by atoms with Crippen LogP contribution in [0.15, 0.2) is 66.7 Å². The second kappa shape index (κ2) is 8.96. The Morgan fingerprint density at radius 3 is 2.33 bits per heavy atom. The summed E-state index contributed by atoms with van der Waals surface area (Å²) in [6.07, 6.45) is 0. The lowest BCUT2D eigenvalue weighted by Gasteiger charge is -2.11. The van der Waals surface area contributed by atoms with Gasteiger partial charge in [0.05, 0.1) is 32.4 Å². The Labute approximate surface area is 190 Å². The number of nitrogen functional groups attached to an aromatic ring is 1. The highest BCUT2D eigenvalue weighted by Crippen LogP contribution is 2.32. The lowest BCUT2D eigenvalue weighted by Crippen LogP contribution is -2.18. The van der Waals surface area contributed by atoms with E-state index in [4.69, 9.17) is 19.9 Å². The van der Waals surface area contributed by atoms with Crippen molar-refractivity contribution in [2.75, 3.05) is 32.4 Å². The molecule has 3 N–H and O–H groups in total. The average Bonchev–Trinajstić information content (AvgIpc) is 3.14. The molecule has 0 bridgehead atoms. The number of para-hydroxylation sites is 1. The van der Waals surface area contributed by atoms with E-state index < -0.39 is 11.8 Å². The second-order valence-electron chi connectivity index (χ2n) is 7.17. The first kappa shape index (κ1) is 21.8. The quantitative estimate of drug-likeness (QED) is 0.461. The largest absolute Gasteiger partial charge is 0.497 e. The fourth-order valence-electron chi connectivity index (χ4n) is 3.71. The average molecular weight is 445 g/mol. The number of nitrogens with two attached hydrogens (primary N) is 1. The zero-order chi connectivity index (χ0) is 23.5. The number of carbonyl (C=O) groups excluding carboxylic acids is 2. The molecule has 8 nitrogen and oxygen atoms in total. The monoisotopic (exact) mass is 445 g/mol. The summed E-state index contributed by atoms with van der Waals surface area (Å²) in [5.74, 6) is 0.719. The number of nitrogens with zero attached hydrogens (tertiary/aromatic N) is 1. The van der Waals surface area contributed by atoms with Crippen LogP contribution in [0.1, 0.15) is 20.7 Å². The molecule has 0 atom stereocenters. The van der Waals surface area contributed by atoms with Gasteiger partial charge in [0.1, 0.15) is 11.6 Å². The molecular weight excluding hydrogens is 422 g/mol. The van der Waals surface area contributed by atoms with Crippen molar-refractivity contribution >= 4 is 34.2 Å². The number of benzene rings is 3. The van der Waals surface area contributed by atoms with Gasteiger partial charge in [-0.1, -0.05) is 24.3 Å². The Kier molecular flexibility index (Phi) is 5.91. The van der Waals surface area contributed by atoms with Crippen LogP contribution >= 0.6 is 0 Å². The van der Waals surface area contributed by atoms with Crippen LogP contribution in [0.4, 0.5) is 11.5 Å². The summed E-state index contributed by atoms with van der Waals surface area (Å²) in [5.41, 5.74) is 8.00. The molecule has 33 heavy (non-hydrogen) atoms. The molecular formula is C25H23N3O5. The maximum atomic E-state index is 13.5. The van der Waals surface area contributed by atoms with Crippen molar-refractivity contribution in [3.05, 3.63) is 77.9 Å². The third-order valence-corrected chi connectivity index (χ3v) is 5.30. The van der Waals surface area contributed by atoms with Crippen molar-refractivity contribution in [2.24, 2.45) is 0 Å². The zero-order valence-corrected chi connectivity index (χ0v) is 18.4. The Balaban J connectivity index is 1.79. The van der Waals surface area contributed by atoms with Crippen LogP contribution in [0.25, 0.3) is 10.9 Å². The molecule has 1 amide bonds. The molecule has 8 heteroatoms. The van der Waals surface area contributed by atoms with E-state index in [-0.39, 0.29) is 11.4 Å². The van der Waals surface area contributed by atoms with Gasteiger partial charge in [-0.2, -0.15) is 0 Å². The summed E-state index contributed by atoms with van der Waals surface area (Å²) in [7, 11) is 4.56. The first-order valence-corrected chi connectivity index (χ1v) is 10.1. The Bertz CT molecular complexity index is 1360. The molecule has 0 unspecified atom stereocenters. The molecule has 1 heterocycles. The van der Waals surface area contributed by atoms with Crippen LogP contribution in [0.2, 0.25) is 0 Å². The Morgan fingerprint density at radius 1 is 0.848 bits per heavy atom. The third kappa shape index (κ3) is 3.94. The van der Waals surface area contributed by atoms with Gasteiger partial charge in [0.15, 0.2) is 11.5 Å². The predicted octanol–water partition coefficient (Wildman–Crippen LogP) is 4.19. The van der Waals surface area contributed by atoms with E-state index in [1.165, 1.54) is 18.8 Å². The molecule has 1 aromatic heterocycles. The number of amides is 1. The summed E-state index contributed by atoms with van der Waals surface area (Å²) in [4.78, 5) is 26.7. The van der Waals surface area contributed by atoms with Gasteiger partial charge in [-0.05, 0) is 36.4 Å². The number of rotatable bonds is 6. The van der Waals surface area contributed by atoms with Crippen molar-refractivity contribution in [3.8, 4) is 17.2 Å². The lowest BCUT2D eigenvalue weighted by atomic mass is 10.1. The van der Waals surface area contributed by atoms with Crippen molar-refractivity contribution in [3.63, 3.8) is 0 Å². The van der Waals surface area contributed by atoms with E-state index in [0.717, 1.165) is 0 Å². The van der Waals surface area contributed by atoms with E-state index in [9.17, 15) is 9.59 Å². The Hall–Kier alpha value is -4.46. The molecule has 0 spiro atoms. The van der Waals surface area contributed by atoms with Gasteiger partial charge in [-0.15, -0.1) is 0 Å². The number of anilines is 2. The molecule has 0 aliphatic rings. The van der Waals surface area contributed by atoms with E-state index in [2.05, 4.69) is 5.32 Å². The van der Waals surface area contributed by atoms with Gasteiger partial charge in [-0.25, -0.2) is 0 Å². The lowest BCUT2D eigenvalue weighted by molar-refractivity contribution is 0.0967. The summed E-state index contributed by atoms with van der Waals surface area (Å²) in [6.45, 7) is 0. The van der Waals surface area contributed by atoms with Crippen LogP contribution in [0.5, 0.6) is 17.2 Å². The van der Waals surface area contributed by atoms with Crippen LogP contribution in [0.3, 0.4) is 0 Å². The highest BCUT2D eigenvalue weighted by molar-refractivity contribution is 6.20. The smallest absolute Gasteiger partial charge is 0.264 e.